The van der Waals surface area contributed by atoms with E-state index in [2.05, 4.69) is 9.47 Å². The number of hydrogen-bond donors (Lipinski definition) is 1. The third-order valence-corrected chi connectivity index (χ3v) is 2.53. The number of phenolic OH excluding ortho intramolecular Hbond substituents is 1. The van der Waals surface area contributed by atoms with Crippen LogP contribution in [0.3, 0.4) is 0 Å². The van der Waals surface area contributed by atoms with Crippen molar-refractivity contribution >= 4 is 11.9 Å². The van der Waals surface area contributed by atoms with Crippen LogP contribution in [0.1, 0.15) is 39.6 Å². The number of methoxy groups -OCH3 is 2. The van der Waals surface area contributed by atoms with Crippen LogP contribution in [0.25, 0.3) is 0 Å². The van der Waals surface area contributed by atoms with Gasteiger partial charge in [-0.15, -0.1) is 0 Å². The fourth-order valence-corrected chi connectivity index (χ4v) is 1.66. The topological polar surface area (TPSA) is 72.8 Å². The van der Waals surface area contributed by atoms with Crippen molar-refractivity contribution < 1.29 is 24.2 Å². The van der Waals surface area contributed by atoms with E-state index in [9.17, 15) is 14.7 Å². The number of carbonyl (C=O) groups excluding carboxylic acids is 2. The first kappa shape index (κ1) is 14.0. The number of hydrogen-bond acceptors (Lipinski definition) is 5. The quantitative estimate of drug-likeness (QED) is 0.829. The molecular formula is C13H16O5. The summed E-state index contributed by atoms with van der Waals surface area (Å²) in [5.74, 6) is -1.38. The number of esters is 2. The molecular weight excluding hydrogens is 236 g/mol. The van der Waals surface area contributed by atoms with Crippen LogP contribution < -0.4 is 0 Å². The second kappa shape index (κ2) is 6.05. The lowest BCUT2D eigenvalue weighted by Crippen LogP contribution is -2.08. The SMILES string of the molecule is CCCc1cc(C(=O)OC)cc(C(=O)OC)c1O. The summed E-state index contributed by atoms with van der Waals surface area (Å²) in [6, 6.07) is 2.79. The zero-order chi connectivity index (χ0) is 13.7. The predicted octanol–water partition coefficient (Wildman–Crippen LogP) is 1.92. The summed E-state index contributed by atoms with van der Waals surface area (Å²) >= 11 is 0. The van der Waals surface area contributed by atoms with Gasteiger partial charge in [0.25, 0.3) is 0 Å². The molecule has 0 unspecified atom stereocenters. The van der Waals surface area contributed by atoms with Crippen molar-refractivity contribution in [1.82, 2.24) is 0 Å². The normalized spacial score (nSPS) is 9.94. The number of ether oxygens (including phenoxy) is 2. The van der Waals surface area contributed by atoms with Gasteiger partial charge in [-0.3, -0.25) is 0 Å². The van der Waals surface area contributed by atoms with E-state index in [4.69, 9.17) is 0 Å². The molecule has 0 aliphatic heterocycles. The van der Waals surface area contributed by atoms with Gasteiger partial charge in [0.15, 0.2) is 0 Å². The molecule has 0 heterocycles. The maximum absolute atomic E-state index is 11.5. The lowest BCUT2D eigenvalue weighted by molar-refractivity contribution is 0.0596. The van der Waals surface area contributed by atoms with E-state index in [-0.39, 0.29) is 16.9 Å². The molecule has 1 aromatic rings. The van der Waals surface area contributed by atoms with Gasteiger partial charge in [-0.2, -0.15) is 0 Å². The summed E-state index contributed by atoms with van der Waals surface area (Å²) in [5.41, 5.74) is 0.726. The highest BCUT2D eigenvalue weighted by Crippen LogP contribution is 2.27. The van der Waals surface area contributed by atoms with Gasteiger partial charge in [0.1, 0.15) is 11.3 Å². The molecule has 1 rings (SSSR count). The monoisotopic (exact) mass is 252 g/mol. The van der Waals surface area contributed by atoms with E-state index in [0.29, 0.717) is 12.0 Å². The lowest BCUT2D eigenvalue weighted by Gasteiger charge is -2.10. The van der Waals surface area contributed by atoms with Gasteiger partial charge in [0.05, 0.1) is 19.8 Å². The van der Waals surface area contributed by atoms with Gasteiger partial charge >= 0.3 is 11.9 Å². The largest absolute Gasteiger partial charge is 0.507 e. The van der Waals surface area contributed by atoms with E-state index < -0.39 is 11.9 Å². The van der Waals surface area contributed by atoms with Crippen molar-refractivity contribution in [2.45, 2.75) is 19.8 Å². The van der Waals surface area contributed by atoms with Crippen LogP contribution in [0, 0.1) is 0 Å². The molecule has 0 saturated carbocycles. The van der Waals surface area contributed by atoms with Gasteiger partial charge in [0, 0.05) is 0 Å². The van der Waals surface area contributed by atoms with Crippen molar-refractivity contribution in [3.05, 3.63) is 28.8 Å². The average Bonchev–Trinajstić information content (AvgIpc) is 2.39. The Kier molecular flexibility index (Phi) is 4.71. The molecule has 0 aliphatic carbocycles. The summed E-state index contributed by atoms with van der Waals surface area (Å²) < 4.78 is 9.17. The Hall–Kier alpha value is -2.04. The molecule has 0 amide bonds. The minimum absolute atomic E-state index is 0.0242. The molecule has 5 nitrogen and oxygen atoms in total. The summed E-state index contributed by atoms with van der Waals surface area (Å²) in [7, 11) is 2.47. The molecule has 0 saturated heterocycles. The van der Waals surface area contributed by atoms with Crippen molar-refractivity contribution in [1.29, 1.82) is 0 Å². The lowest BCUT2D eigenvalue weighted by atomic mass is 10.0. The van der Waals surface area contributed by atoms with Crippen molar-refractivity contribution in [2.75, 3.05) is 14.2 Å². The zero-order valence-electron chi connectivity index (χ0n) is 10.6. The Morgan fingerprint density at radius 3 is 2.28 bits per heavy atom. The molecule has 18 heavy (non-hydrogen) atoms. The second-order valence-corrected chi connectivity index (χ2v) is 3.76. The molecule has 0 atom stereocenters. The van der Waals surface area contributed by atoms with Crippen LogP contribution in [0.5, 0.6) is 5.75 Å². The van der Waals surface area contributed by atoms with Gasteiger partial charge in [-0.1, -0.05) is 13.3 Å². The molecule has 0 fully saturated rings. The molecule has 0 radical (unpaired) electrons. The van der Waals surface area contributed by atoms with Crippen molar-refractivity contribution in [3.8, 4) is 5.75 Å². The maximum atomic E-state index is 11.5. The van der Waals surface area contributed by atoms with Crippen molar-refractivity contribution in [2.24, 2.45) is 0 Å². The van der Waals surface area contributed by atoms with Gasteiger partial charge in [-0.05, 0) is 24.1 Å². The van der Waals surface area contributed by atoms with E-state index in [1.807, 2.05) is 6.92 Å². The summed E-state index contributed by atoms with van der Waals surface area (Å²) in [6.45, 7) is 1.93. The zero-order valence-corrected chi connectivity index (χ0v) is 10.6. The Balaban J connectivity index is 3.36. The van der Waals surface area contributed by atoms with Crippen LogP contribution in [-0.4, -0.2) is 31.3 Å². The minimum atomic E-state index is -0.685. The highest BCUT2D eigenvalue weighted by atomic mass is 16.5. The highest BCUT2D eigenvalue weighted by Gasteiger charge is 2.19. The third kappa shape index (κ3) is 2.80. The van der Waals surface area contributed by atoms with E-state index in [1.54, 1.807) is 0 Å². The molecule has 0 aliphatic rings. The number of rotatable bonds is 4. The first-order valence-corrected chi connectivity index (χ1v) is 5.57. The Morgan fingerprint density at radius 2 is 1.78 bits per heavy atom. The van der Waals surface area contributed by atoms with Crippen LogP contribution in [0.15, 0.2) is 12.1 Å². The number of aryl methyl sites for hydroxylation is 1. The van der Waals surface area contributed by atoms with Crippen LogP contribution >= 0.6 is 0 Å². The van der Waals surface area contributed by atoms with E-state index >= 15 is 0 Å². The van der Waals surface area contributed by atoms with Gasteiger partial charge in [-0.25, -0.2) is 9.59 Å². The minimum Gasteiger partial charge on any atom is -0.507 e. The summed E-state index contributed by atoms with van der Waals surface area (Å²) in [5, 5.41) is 9.95. The number of phenols is 1. The fraction of sp³-hybridized carbons (Fsp3) is 0.385. The number of aromatic hydroxyl groups is 1. The average molecular weight is 252 g/mol. The first-order valence-electron chi connectivity index (χ1n) is 5.57. The molecule has 0 spiro atoms. The smallest absolute Gasteiger partial charge is 0.341 e. The molecule has 0 aromatic heterocycles. The van der Waals surface area contributed by atoms with E-state index in [0.717, 1.165) is 6.42 Å². The maximum Gasteiger partial charge on any atom is 0.341 e. The standard InChI is InChI=1S/C13H16O5/c1-4-5-8-6-9(12(15)17-2)7-10(11(8)14)13(16)18-3/h6-7,14H,4-5H2,1-3H3. The highest BCUT2D eigenvalue weighted by molar-refractivity contribution is 5.97. The molecule has 5 heteroatoms. The van der Waals surface area contributed by atoms with E-state index in [1.165, 1.54) is 26.4 Å². The van der Waals surface area contributed by atoms with Crippen LogP contribution in [0.4, 0.5) is 0 Å². The Morgan fingerprint density at radius 1 is 1.17 bits per heavy atom. The molecule has 98 valence electrons. The first-order chi connectivity index (χ1) is 8.54. The Labute approximate surface area is 105 Å². The predicted molar refractivity (Wildman–Crippen MR) is 64.8 cm³/mol. The number of carbonyl (C=O) groups is 2. The second-order valence-electron chi connectivity index (χ2n) is 3.76. The van der Waals surface area contributed by atoms with Gasteiger partial charge in [0.2, 0.25) is 0 Å². The third-order valence-electron chi connectivity index (χ3n) is 2.53. The molecule has 1 N–H and O–H groups in total. The molecule has 0 bridgehead atoms. The summed E-state index contributed by atoms with van der Waals surface area (Å²) in [6.07, 6.45) is 1.33. The van der Waals surface area contributed by atoms with Gasteiger partial charge < -0.3 is 14.6 Å². The summed E-state index contributed by atoms with van der Waals surface area (Å²) in [4.78, 5) is 23.0. The van der Waals surface area contributed by atoms with Crippen molar-refractivity contribution in [3.63, 3.8) is 0 Å². The molecule has 1 aromatic carbocycles. The van der Waals surface area contributed by atoms with Crippen LogP contribution in [0.2, 0.25) is 0 Å². The number of benzene rings is 1. The Bertz CT molecular complexity index is 465. The van der Waals surface area contributed by atoms with Crippen LogP contribution in [-0.2, 0) is 15.9 Å². The fourth-order valence-electron chi connectivity index (χ4n) is 1.66.